The fourth-order valence-electron chi connectivity index (χ4n) is 4.33. The summed E-state index contributed by atoms with van der Waals surface area (Å²) in [5.74, 6) is 0.953. The van der Waals surface area contributed by atoms with Crippen molar-refractivity contribution in [3.05, 3.63) is 59.2 Å². The molecule has 5 heteroatoms. The maximum atomic E-state index is 13.3. The molecular weight excluding hydrogens is 366 g/mol. The number of imide groups is 1. The van der Waals surface area contributed by atoms with E-state index in [9.17, 15) is 9.59 Å². The van der Waals surface area contributed by atoms with Crippen LogP contribution in [-0.4, -0.2) is 30.9 Å². The summed E-state index contributed by atoms with van der Waals surface area (Å²) in [4.78, 5) is 28.0. The predicted octanol–water partition coefficient (Wildman–Crippen LogP) is 5.26. The molecule has 1 aliphatic rings. The second kappa shape index (κ2) is 9.12. The Labute approximate surface area is 172 Å². The van der Waals surface area contributed by atoms with Gasteiger partial charge in [-0.3, -0.25) is 14.5 Å². The molecule has 5 nitrogen and oxygen atoms in total. The minimum atomic E-state index is -0.345. The molecule has 29 heavy (non-hydrogen) atoms. The summed E-state index contributed by atoms with van der Waals surface area (Å²) in [7, 11) is 3.18. The minimum absolute atomic E-state index is 0.172. The number of ether oxygens (including phenoxy) is 2. The molecule has 2 amide bonds. The molecule has 1 aliphatic heterocycles. The van der Waals surface area contributed by atoms with Crippen LogP contribution in [0.25, 0.3) is 0 Å². The fourth-order valence-corrected chi connectivity index (χ4v) is 4.33. The van der Waals surface area contributed by atoms with Gasteiger partial charge in [-0.25, -0.2) is 0 Å². The molecule has 1 heterocycles. The van der Waals surface area contributed by atoms with E-state index in [-0.39, 0.29) is 23.8 Å². The zero-order chi connectivity index (χ0) is 21.0. The number of hydrogen-bond donors (Lipinski definition) is 0. The number of rotatable bonds is 9. The van der Waals surface area contributed by atoms with E-state index >= 15 is 0 Å². The van der Waals surface area contributed by atoms with Crippen molar-refractivity contribution in [3.63, 3.8) is 0 Å². The number of carbonyl (C=O) groups excluding carboxylic acids is 2. The Kier molecular flexibility index (Phi) is 6.57. The normalized spacial score (nSPS) is 14.3. The Morgan fingerprint density at radius 1 is 0.828 bits per heavy atom. The van der Waals surface area contributed by atoms with Crippen LogP contribution in [0.3, 0.4) is 0 Å². The number of carbonyl (C=O) groups is 2. The first-order chi connectivity index (χ1) is 14.1. The quantitative estimate of drug-likeness (QED) is 0.544. The fraction of sp³-hybridized carbons (Fsp3) is 0.417. The van der Waals surface area contributed by atoms with Gasteiger partial charge in [0.2, 0.25) is 0 Å². The smallest absolute Gasteiger partial charge is 0.262 e. The largest absolute Gasteiger partial charge is 0.493 e. The first kappa shape index (κ1) is 20.9. The summed E-state index contributed by atoms with van der Waals surface area (Å²) in [6.07, 6.45) is 3.83. The van der Waals surface area contributed by atoms with Crippen LogP contribution < -0.4 is 9.47 Å². The second-order valence-electron chi connectivity index (χ2n) is 7.42. The van der Waals surface area contributed by atoms with Crippen molar-refractivity contribution in [1.82, 2.24) is 4.90 Å². The zero-order valence-corrected chi connectivity index (χ0v) is 17.6. The van der Waals surface area contributed by atoms with Gasteiger partial charge in [0.15, 0.2) is 11.5 Å². The third-order valence-electron chi connectivity index (χ3n) is 5.62. The average Bonchev–Trinajstić information content (AvgIpc) is 2.99. The van der Waals surface area contributed by atoms with Crippen molar-refractivity contribution >= 4 is 11.8 Å². The van der Waals surface area contributed by atoms with Crippen LogP contribution in [0.1, 0.15) is 71.9 Å². The summed E-state index contributed by atoms with van der Waals surface area (Å²) in [5, 5.41) is 0. The zero-order valence-electron chi connectivity index (χ0n) is 17.6. The Morgan fingerprint density at radius 3 is 1.86 bits per heavy atom. The van der Waals surface area contributed by atoms with Gasteiger partial charge in [-0.15, -0.1) is 0 Å². The van der Waals surface area contributed by atoms with Gasteiger partial charge >= 0.3 is 0 Å². The maximum absolute atomic E-state index is 13.3. The van der Waals surface area contributed by atoms with Gasteiger partial charge in [0.05, 0.1) is 31.4 Å². The van der Waals surface area contributed by atoms with Crippen LogP contribution in [0.5, 0.6) is 11.5 Å². The van der Waals surface area contributed by atoms with Crippen molar-refractivity contribution in [2.24, 2.45) is 5.92 Å². The highest BCUT2D eigenvalue weighted by molar-refractivity contribution is 6.21. The molecule has 3 rings (SSSR count). The summed E-state index contributed by atoms with van der Waals surface area (Å²) < 4.78 is 10.9. The van der Waals surface area contributed by atoms with Crippen molar-refractivity contribution < 1.29 is 19.1 Å². The van der Waals surface area contributed by atoms with Gasteiger partial charge in [0.25, 0.3) is 11.8 Å². The van der Waals surface area contributed by atoms with Crippen LogP contribution in [0.2, 0.25) is 0 Å². The first-order valence-corrected chi connectivity index (χ1v) is 10.3. The third-order valence-corrected chi connectivity index (χ3v) is 5.62. The third kappa shape index (κ3) is 3.86. The van der Waals surface area contributed by atoms with Crippen molar-refractivity contribution in [3.8, 4) is 11.5 Å². The Balaban J connectivity index is 2.12. The molecule has 2 aromatic carbocycles. The monoisotopic (exact) mass is 395 g/mol. The lowest BCUT2D eigenvalue weighted by Crippen LogP contribution is -2.38. The van der Waals surface area contributed by atoms with Gasteiger partial charge in [0.1, 0.15) is 0 Å². The standard InChI is InChI=1S/C24H29NO4/c1-5-9-16(10-6-2)22(17-13-14-20(28-3)21(15-17)29-4)25-23(26)18-11-7-8-12-19(18)24(25)27/h7-8,11-16,22H,5-6,9-10H2,1-4H3. The lowest BCUT2D eigenvalue weighted by atomic mass is 9.85. The van der Waals surface area contributed by atoms with Crippen LogP contribution in [-0.2, 0) is 0 Å². The number of methoxy groups -OCH3 is 2. The minimum Gasteiger partial charge on any atom is -0.493 e. The van der Waals surface area contributed by atoms with E-state index in [0.29, 0.717) is 22.6 Å². The van der Waals surface area contributed by atoms with Crippen LogP contribution >= 0.6 is 0 Å². The van der Waals surface area contributed by atoms with Gasteiger partial charge in [-0.2, -0.15) is 0 Å². The van der Waals surface area contributed by atoms with Crippen LogP contribution in [0.4, 0.5) is 0 Å². The second-order valence-corrected chi connectivity index (χ2v) is 7.42. The number of fused-ring (bicyclic) bond motifs is 1. The van der Waals surface area contributed by atoms with Gasteiger partial charge in [-0.1, -0.05) is 44.9 Å². The van der Waals surface area contributed by atoms with E-state index in [4.69, 9.17) is 9.47 Å². The van der Waals surface area contributed by atoms with E-state index in [2.05, 4.69) is 13.8 Å². The first-order valence-electron chi connectivity index (χ1n) is 10.3. The molecule has 1 atom stereocenters. The Hall–Kier alpha value is -2.82. The van der Waals surface area contributed by atoms with Crippen LogP contribution in [0, 0.1) is 5.92 Å². The Morgan fingerprint density at radius 2 is 1.38 bits per heavy atom. The molecule has 0 aromatic heterocycles. The highest BCUT2D eigenvalue weighted by Gasteiger charge is 2.43. The van der Waals surface area contributed by atoms with Crippen molar-refractivity contribution in [2.75, 3.05) is 14.2 Å². The summed E-state index contributed by atoms with van der Waals surface area (Å²) in [5.41, 5.74) is 1.86. The van der Waals surface area contributed by atoms with Crippen molar-refractivity contribution in [1.29, 1.82) is 0 Å². The highest BCUT2D eigenvalue weighted by atomic mass is 16.5. The highest BCUT2D eigenvalue weighted by Crippen LogP contribution is 2.42. The molecule has 1 unspecified atom stereocenters. The number of hydrogen-bond acceptors (Lipinski definition) is 4. The lowest BCUT2D eigenvalue weighted by Gasteiger charge is -2.34. The van der Waals surface area contributed by atoms with E-state index in [1.807, 2.05) is 18.2 Å². The van der Waals surface area contributed by atoms with Crippen LogP contribution in [0.15, 0.2) is 42.5 Å². The van der Waals surface area contributed by atoms with Gasteiger partial charge in [0, 0.05) is 0 Å². The summed E-state index contributed by atoms with van der Waals surface area (Å²) in [6.45, 7) is 4.27. The molecule has 154 valence electrons. The van der Waals surface area contributed by atoms with Gasteiger partial charge < -0.3 is 9.47 Å². The SMILES string of the molecule is CCCC(CCC)C(c1ccc(OC)c(OC)c1)N1C(=O)c2ccccc2C1=O. The molecular formula is C24H29NO4. The summed E-state index contributed by atoms with van der Waals surface area (Å²) in [6, 6.07) is 12.4. The molecule has 0 saturated heterocycles. The van der Waals surface area contributed by atoms with E-state index in [0.717, 1.165) is 31.2 Å². The molecule has 0 fully saturated rings. The molecule has 2 aromatic rings. The Bertz CT molecular complexity index is 851. The van der Waals surface area contributed by atoms with Gasteiger partial charge in [-0.05, 0) is 48.6 Å². The lowest BCUT2D eigenvalue weighted by molar-refractivity contribution is 0.0507. The topological polar surface area (TPSA) is 55.8 Å². The molecule has 0 radical (unpaired) electrons. The molecule has 0 saturated carbocycles. The van der Waals surface area contributed by atoms with E-state index < -0.39 is 0 Å². The predicted molar refractivity (Wildman–Crippen MR) is 113 cm³/mol. The maximum Gasteiger partial charge on any atom is 0.262 e. The summed E-state index contributed by atoms with van der Waals surface area (Å²) >= 11 is 0. The molecule has 0 aliphatic carbocycles. The average molecular weight is 395 g/mol. The molecule has 0 N–H and O–H groups in total. The number of amides is 2. The number of benzene rings is 2. The van der Waals surface area contributed by atoms with Crippen molar-refractivity contribution in [2.45, 2.75) is 45.6 Å². The van der Waals surface area contributed by atoms with E-state index in [1.165, 1.54) is 4.90 Å². The molecule has 0 bridgehead atoms. The van der Waals surface area contributed by atoms with E-state index in [1.54, 1.807) is 38.5 Å². The number of nitrogens with zero attached hydrogens (tertiary/aromatic N) is 1. The molecule has 0 spiro atoms.